The van der Waals surface area contributed by atoms with E-state index in [-0.39, 0.29) is 6.04 Å². The molecule has 0 aliphatic heterocycles. The number of amidine groups is 1. The van der Waals surface area contributed by atoms with Gasteiger partial charge in [-0.2, -0.15) is 0 Å². The van der Waals surface area contributed by atoms with E-state index in [0.29, 0.717) is 5.84 Å². The third-order valence-corrected chi connectivity index (χ3v) is 3.69. The first-order valence-corrected chi connectivity index (χ1v) is 8.28. The van der Waals surface area contributed by atoms with E-state index < -0.39 is 0 Å². The van der Waals surface area contributed by atoms with Crippen LogP contribution in [0, 0.1) is 0 Å². The molecule has 0 aliphatic rings. The molecule has 0 heterocycles. The highest BCUT2D eigenvalue weighted by atomic mass is 16.5. The van der Waals surface area contributed by atoms with Crippen molar-refractivity contribution in [1.82, 2.24) is 10.0 Å². The van der Waals surface area contributed by atoms with E-state index in [1.54, 1.807) is 6.92 Å². The molecular weight excluding hydrogens is 314 g/mol. The Morgan fingerprint density at radius 3 is 2.20 bits per heavy atom. The Kier molecular flexibility index (Phi) is 6.80. The number of hydrazone groups is 1. The lowest BCUT2D eigenvalue weighted by molar-refractivity contribution is 0.186. The molecule has 134 valence electrons. The van der Waals surface area contributed by atoms with E-state index in [1.807, 2.05) is 68.7 Å². The van der Waals surface area contributed by atoms with Crippen LogP contribution < -0.4 is 16.3 Å². The topological polar surface area (TPSA) is 80.1 Å². The van der Waals surface area contributed by atoms with Gasteiger partial charge in [0, 0.05) is 0 Å². The maximum atomic E-state index is 6.11. The van der Waals surface area contributed by atoms with E-state index in [2.05, 4.69) is 10.0 Å². The predicted octanol–water partition coefficient (Wildman–Crippen LogP) is 2.94. The monoisotopic (exact) mass is 341 g/mol. The highest BCUT2D eigenvalue weighted by Gasteiger charge is 2.17. The Bertz CT molecular complexity index is 666. The van der Waals surface area contributed by atoms with E-state index in [4.69, 9.17) is 16.3 Å². The van der Waals surface area contributed by atoms with Gasteiger partial charge in [-0.15, -0.1) is 5.10 Å². The Morgan fingerprint density at radius 1 is 1.04 bits per heavy atom. The number of rotatable bonds is 8. The number of hydrogen-bond donors (Lipinski definition) is 2. The molecule has 0 aromatic heterocycles. The SMILES string of the molecule is C/C(N)=N/N(N)C(CCN(C)C)c1ccc(Oc2ccccc2)cc1. The fraction of sp³-hybridized carbons (Fsp3) is 0.316. The molecule has 0 radical (unpaired) electrons. The smallest absolute Gasteiger partial charge is 0.127 e. The Hall–Kier alpha value is -2.57. The van der Waals surface area contributed by atoms with Crippen LogP contribution in [0.25, 0.3) is 0 Å². The fourth-order valence-corrected chi connectivity index (χ4v) is 2.47. The van der Waals surface area contributed by atoms with Crippen molar-refractivity contribution in [2.24, 2.45) is 16.7 Å². The van der Waals surface area contributed by atoms with Crippen molar-refractivity contribution in [2.75, 3.05) is 20.6 Å². The number of para-hydroxylation sites is 1. The van der Waals surface area contributed by atoms with E-state index >= 15 is 0 Å². The number of nitrogens with zero attached hydrogens (tertiary/aromatic N) is 3. The molecule has 0 bridgehead atoms. The van der Waals surface area contributed by atoms with Crippen LogP contribution in [-0.2, 0) is 0 Å². The zero-order valence-electron chi connectivity index (χ0n) is 15.1. The number of hydrazine groups is 1. The van der Waals surface area contributed by atoms with Crippen molar-refractivity contribution in [3.63, 3.8) is 0 Å². The molecule has 2 aromatic rings. The van der Waals surface area contributed by atoms with E-state index in [1.165, 1.54) is 5.12 Å². The van der Waals surface area contributed by atoms with Crippen LogP contribution in [0.4, 0.5) is 0 Å². The Balaban J connectivity index is 2.14. The molecule has 6 heteroatoms. The van der Waals surface area contributed by atoms with Gasteiger partial charge in [0.25, 0.3) is 0 Å². The van der Waals surface area contributed by atoms with Gasteiger partial charge in [-0.1, -0.05) is 30.3 Å². The molecule has 1 unspecified atom stereocenters. The first-order chi connectivity index (χ1) is 12.0. The van der Waals surface area contributed by atoms with Crippen LogP contribution in [0.5, 0.6) is 11.5 Å². The molecule has 0 spiro atoms. The summed E-state index contributed by atoms with van der Waals surface area (Å²) in [5.41, 5.74) is 6.74. The van der Waals surface area contributed by atoms with E-state index in [0.717, 1.165) is 30.0 Å². The van der Waals surface area contributed by atoms with Gasteiger partial charge in [-0.3, -0.25) is 0 Å². The molecule has 0 fully saturated rings. The molecule has 1 atom stereocenters. The second kappa shape index (κ2) is 9.05. The third kappa shape index (κ3) is 6.10. The molecule has 0 saturated carbocycles. The normalized spacial score (nSPS) is 12.9. The van der Waals surface area contributed by atoms with Gasteiger partial charge in [-0.25, -0.2) is 11.0 Å². The van der Waals surface area contributed by atoms with Gasteiger partial charge in [0.1, 0.15) is 17.3 Å². The summed E-state index contributed by atoms with van der Waals surface area (Å²) in [6.45, 7) is 2.61. The maximum Gasteiger partial charge on any atom is 0.127 e. The zero-order chi connectivity index (χ0) is 18.2. The van der Waals surface area contributed by atoms with Crippen LogP contribution in [0.2, 0.25) is 0 Å². The van der Waals surface area contributed by atoms with Gasteiger partial charge in [0.2, 0.25) is 0 Å². The summed E-state index contributed by atoms with van der Waals surface area (Å²) in [5.74, 6) is 8.14. The minimum absolute atomic E-state index is 0.0633. The van der Waals surface area contributed by atoms with Crippen LogP contribution in [0.15, 0.2) is 59.7 Å². The Labute approximate surface area is 149 Å². The van der Waals surface area contributed by atoms with Crippen molar-refractivity contribution < 1.29 is 4.74 Å². The second-order valence-electron chi connectivity index (χ2n) is 6.21. The van der Waals surface area contributed by atoms with E-state index in [9.17, 15) is 0 Å². The standard InChI is InChI=1S/C19H27N5O/c1-15(20)22-24(21)19(13-14-23(2)3)16-9-11-18(12-10-16)25-17-7-5-4-6-8-17/h4-12,19H,13-14,21H2,1-3H3,(H2,20,22). The lowest BCUT2D eigenvalue weighted by Gasteiger charge is -2.27. The number of hydrogen-bond acceptors (Lipinski definition) is 5. The van der Waals surface area contributed by atoms with Gasteiger partial charge in [0.05, 0.1) is 6.04 Å². The van der Waals surface area contributed by atoms with Gasteiger partial charge < -0.3 is 15.4 Å². The third-order valence-electron chi connectivity index (χ3n) is 3.69. The minimum atomic E-state index is -0.0633. The predicted molar refractivity (Wildman–Crippen MR) is 102 cm³/mol. The number of nitrogens with two attached hydrogens (primary N) is 2. The lowest BCUT2D eigenvalue weighted by Crippen LogP contribution is -2.34. The summed E-state index contributed by atoms with van der Waals surface area (Å²) >= 11 is 0. The van der Waals surface area contributed by atoms with Crippen LogP contribution in [0.3, 0.4) is 0 Å². The molecule has 0 amide bonds. The summed E-state index contributed by atoms with van der Waals surface area (Å²) in [7, 11) is 4.07. The quantitative estimate of drug-likeness (QED) is 0.334. The fourth-order valence-electron chi connectivity index (χ4n) is 2.47. The second-order valence-corrected chi connectivity index (χ2v) is 6.21. The van der Waals surface area contributed by atoms with Gasteiger partial charge >= 0.3 is 0 Å². The van der Waals surface area contributed by atoms with Crippen molar-refractivity contribution in [2.45, 2.75) is 19.4 Å². The summed E-state index contributed by atoms with van der Waals surface area (Å²) in [4.78, 5) is 2.12. The summed E-state index contributed by atoms with van der Waals surface area (Å²) in [6.07, 6.45) is 0.833. The van der Waals surface area contributed by atoms with Gasteiger partial charge in [-0.05, 0) is 63.8 Å². The van der Waals surface area contributed by atoms with Crippen LogP contribution >= 0.6 is 0 Å². The average Bonchev–Trinajstić information content (AvgIpc) is 2.56. The minimum Gasteiger partial charge on any atom is -0.457 e. The molecule has 4 N–H and O–H groups in total. The van der Waals surface area contributed by atoms with Crippen molar-refractivity contribution in [3.05, 3.63) is 60.2 Å². The highest BCUT2D eigenvalue weighted by Crippen LogP contribution is 2.27. The first-order valence-electron chi connectivity index (χ1n) is 8.28. The van der Waals surface area contributed by atoms with Crippen molar-refractivity contribution in [3.8, 4) is 11.5 Å². The van der Waals surface area contributed by atoms with Crippen LogP contribution in [0.1, 0.15) is 24.9 Å². The van der Waals surface area contributed by atoms with Crippen molar-refractivity contribution in [1.29, 1.82) is 0 Å². The molecular formula is C19H27N5O. The first kappa shape index (κ1) is 18.8. The summed E-state index contributed by atoms with van der Waals surface area (Å²) in [5, 5.41) is 5.61. The molecule has 2 rings (SSSR count). The molecule has 25 heavy (non-hydrogen) atoms. The van der Waals surface area contributed by atoms with Crippen molar-refractivity contribution >= 4 is 5.84 Å². The summed E-state index contributed by atoms with van der Waals surface area (Å²) in [6, 6.07) is 17.5. The molecule has 0 aliphatic carbocycles. The average molecular weight is 341 g/mol. The molecule has 0 saturated heterocycles. The highest BCUT2D eigenvalue weighted by molar-refractivity contribution is 5.77. The Morgan fingerprint density at radius 2 is 1.64 bits per heavy atom. The molecule has 2 aromatic carbocycles. The van der Waals surface area contributed by atoms with Gasteiger partial charge in [0.15, 0.2) is 0 Å². The number of benzene rings is 2. The molecule has 6 nitrogen and oxygen atoms in total. The summed E-state index contributed by atoms with van der Waals surface area (Å²) < 4.78 is 5.84. The largest absolute Gasteiger partial charge is 0.457 e. The maximum absolute atomic E-state index is 6.11. The number of ether oxygens (including phenoxy) is 1. The van der Waals surface area contributed by atoms with Crippen LogP contribution in [-0.4, -0.2) is 36.5 Å². The lowest BCUT2D eigenvalue weighted by atomic mass is 10.0. The zero-order valence-corrected chi connectivity index (χ0v) is 15.1.